The number of carboxylic acids is 1. The second kappa shape index (κ2) is 10.1. The van der Waals surface area contributed by atoms with Gasteiger partial charge in [-0.15, -0.1) is 0 Å². The molecule has 0 amide bonds. The van der Waals surface area contributed by atoms with Crippen molar-refractivity contribution in [2.24, 2.45) is 5.73 Å². The SMILES string of the molecule is N[C@@H](C(=O)O)C(I)c1ccc(Oc2ccc([O-])c(I)c2)cc1I.[Na+]. The van der Waals surface area contributed by atoms with Crippen molar-refractivity contribution in [3.05, 3.63) is 49.1 Å². The Balaban J connectivity index is 0.00000288. The monoisotopic (exact) mass is 673 g/mol. The Bertz CT molecular complexity index is 745. The molecule has 2 aromatic rings. The second-order valence-electron chi connectivity index (χ2n) is 4.64. The minimum absolute atomic E-state index is 0. The van der Waals surface area contributed by atoms with E-state index in [0.717, 1.165) is 9.13 Å². The summed E-state index contributed by atoms with van der Waals surface area (Å²) in [5.74, 6) is 0.108. The van der Waals surface area contributed by atoms with Gasteiger partial charge < -0.3 is 20.7 Å². The molecule has 0 spiro atoms. The molecule has 2 rings (SSSR count). The summed E-state index contributed by atoms with van der Waals surface area (Å²) in [7, 11) is 0. The van der Waals surface area contributed by atoms with Crippen LogP contribution in [-0.2, 0) is 4.79 Å². The molecular formula is C15H11I3NNaO4. The van der Waals surface area contributed by atoms with Gasteiger partial charge in [0.05, 0.1) is 3.92 Å². The van der Waals surface area contributed by atoms with Gasteiger partial charge in [0.15, 0.2) is 0 Å². The van der Waals surface area contributed by atoms with Crippen LogP contribution in [0.3, 0.4) is 0 Å². The van der Waals surface area contributed by atoms with Crippen LogP contribution >= 0.6 is 67.8 Å². The smallest absolute Gasteiger partial charge is 0.872 e. The summed E-state index contributed by atoms with van der Waals surface area (Å²) in [4.78, 5) is 11.0. The molecule has 1 unspecified atom stereocenters. The topological polar surface area (TPSA) is 95.6 Å². The summed E-state index contributed by atoms with van der Waals surface area (Å²) >= 11 is 6.12. The molecule has 24 heavy (non-hydrogen) atoms. The van der Waals surface area contributed by atoms with Gasteiger partial charge in [-0.05, 0) is 75.0 Å². The molecule has 3 N–H and O–H groups in total. The Morgan fingerprint density at radius 1 is 1.12 bits per heavy atom. The van der Waals surface area contributed by atoms with Gasteiger partial charge in [-0.1, -0.05) is 40.5 Å². The maximum atomic E-state index is 11.4. The van der Waals surface area contributed by atoms with Crippen LogP contribution in [0.5, 0.6) is 17.2 Å². The zero-order valence-corrected chi connectivity index (χ0v) is 21.0. The Labute approximate surface area is 202 Å². The minimum Gasteiger partial charge on any atom is -0.872 e. The Morgan fingerprint density at radius 2 is 1.67 bits per heavy atom. The molecule has 0 bridgehead atoms. The number of nitrogens with two attached hydrogens (primary N) is 1. The van der Waals surface area contributed by atoms with E-state index >= 15 is 0 Å². The third kappa shape index (κ3) is 5.84. The number of hydrogen-bond acceptors (Lipinski definition) is 4. The Hall–Kier alpha value is 0.660. The summed E-state index contributed by atoms with van der Waals surface area (Å²) in [5, 5.41) is 20.4. The molecule has 9 heteroatoms. The largest absolute Gasteiger partial charge is 1.00 e. The average Bonchev–Trinajstić information content (AvgIpc) is 2.49. The number of carboxylic acid groups (broad SMARTS) is 1. The van der Waals surface area contributed by atoms with Crippen molar-refractivity contribution < 1.29 is 49.3 Å². The van der Waals surface area contributed by atoms with E-state index in [1.54, 1.807) is 18.2 Å². The van der Waals surface area contributed by atoms with Gasteiger partial charge in [0.25, 0.3) is 0 Å². The predicted molar refractivity (Wildman–Crippen MR) is 110 cm³/mol. The van der Waals surface area contributed by atoms with Crippen LogP contribution in [0.4, 0.5) is 0 Å². The van der Waals surface area contributed by atoms with E-state index in [0.29, 0.717) is 15.1 Å². The van der Waals surface area contributed by atoms with Gasteiger partial charge in [-0.2, -0.15) is 0 Å². The van der Waals surface area contributed by atoms with Crippen LogP contribution < -0.4 is 45.1 Å². The Morgan fingerprint density at radius 3 is 2.17 bits per heavy atom. The number of hydrogen-bond donors (Lipinski definition) is 2. The molecule has 0 aliphatic heterocycles. The van der Waals surface area contributed by atoms with Crippen LogP contribution in [-0.4, -0.2) is 17.1 Å². The van der Waals surface area contributed by atoms with E-state index in [1.165, 1.54) is 6.07 Å². The van der Waals surface area contributed by atoms with E-state index in [4.69, 9.17) is 15.6 Å². The first-order valence-corrected chi connectivity index (χ1v) is 9.76. The van der Waals surface area contributed by atoms with E-state index < -0.39 is 12.0 Å². The predicted octanol–water partition coefficient (Wildman–Crippen LogP) is 0.654. The van der Waals surface area contributed by atoms with E-state index in [1.807, 2.05) is 57.3 Å². The van der Waals surface area contributed by atoms with Crippen molar-refractivity contribution in [1.82, 2.24) is 0 Å². The summed E-state index contributed by atoms with van der Waals surface area (Å²) in [5.41, 5.74) is 6.53. The first-order valence-electron chi connectivity index (χ1n) is 6.36. The van der Waals surface area contributed by atoms with Gasteiger partial charge in [0.1, 0.15) is 17.5 Å². The zero-order chi connectivity index (χ0) is 17.1. The fraction of sp³-hybridized carbons (Fsp3) is 0.133. The van der Waals surface area contributed by atoms with Crippen LogP contribution in [0.25, 0.3) is 0 Å². The third-order valence-electron chi connectivity index (χ3n) is 3.01. The second-order valence-corrected chi connectivity index (χ2v) is 8.31. The number of ether oxygens (including phenoxy) is 1. The molecule has 0 saturated heterocycles. The summed E-state index contributed by atoms with van der Waals surface area (Å²) < 4.78 is 6.85. The number of carbonyl (C=O) groups is 1. The van der Waals surface area contributed by atoms with Gasteiger partial charge >= 0.3 is 35.5 Å². The molecule has 0 aliphatic carbocycles. The first kappa shape index (κ1) is 22.7. The third-order valence-corrected chi connectivity index (χ3v) is 6.23. The summed E-state index contributed by atoms with van der Waals surface area (Å²) in [6.07, 6.45) is 0. The van der Waals surface area contributed by atoms with Gasteiger partial charge in [-0.3, -0.25) is 4.79 Å². The molecule has 122 valence electrons. The van der Waals surface area contributed by atoms with Crippen molar-refractivity contribution in [2.45, 2.75) is 9.97 Å². The fourth-order valence-electron chi connectivity index (χ4n) is 1.79. The van der Waals surface area contributed by atoms with Gasteiger partial charge in [-0.25, -0.2) is 0 Å². The van der Waals surface area contributed by atoms with Crippen LogP contribution in [0.15, 0.2) is 36.4 Å². The molecule has 0 fully saturated rings. The van der Waals surface area contributed by atoms with Crippen LogP contribution in [0.1, 0.15) is 9.49 Å². The van der Waals surface area contributed by atoms with Gasteiger partial charge in [0.2, 0.25) is 0 Å². The number of benzene rings is 2. The van der Waals surface area contributed by atoms with E-state index in [-0.39, 0.29) is 39.2 Å². The fourth-order valence-corrected chi connectivity index (χ4v) is 4.55. The number of alkyl halides is 1. The standard InChI is InChI=1S/C15H12I3NO4.Na/c16-10-5-7(23-8-2-4-12(20)11(17)6-8)1-3-9(10)13(18)14(19)15(21)22;/h1-6,13-14,20H,19H2,(H,21,22);/q;+1/p-1/t13?,14-;/m1./s1. The Kier molecular flexibility index (Phi) is 9.57. The van der Waals surface area contributed by atoms with Crippen molar-refractivity contribution in [1.29, 1.82) is 0 Å². The molecule has 0 aromatic heterocycles. The van der Waals surface area contributed by atoms with Crippen molar-refractivity contribution in [2.75, 3.05) is 0 Å². The molecule has 2 atom stereocenters. The van der Waals surface area contributed by atoms with Crippen molar-refractivity contribution in [3.63, 3.8) is 0 Å². The first-order chi connectivity index (χ1) is 10.8. The van der Waals surface area contributed by atoms with E-state index in [9.17, 15) is 9.90 Å². The molecule has 0 aliphatic rings. The molecule has 0 saturated carbocycles. The quantitative estimate of drug-likeness (QED) is 0.277. The maximum absolute atomic E-state index is 11.4. The van der Waals surface area contributed by atoms with Gasteiger partial charge in [0, 0.05) is 7.14 Å². The van der Waals surface area contributed by atoms with Crippen molar-refractivity contribution in [3.8, 4) is 17.2 Å². The minimum atomic E-state index is -1.03. The number of aliphatic carboxylic acids is 1. The van der Waals surface area contributed by atoms with E-state index in [2.05, 4.69) is 22.6 Å². The molecule has 0 heterocycles. The number of rotatable bonds is 5. The zero-order valence-electron chi connectivity index (χ0n) is 12.5. The molecule has 5 nitrogen and oxygen atoms in total. The average molecular weight is 673 g/mol. The van der Waals surface area contributed by atoms with Crippen LogP contribution in [0, 0.1) is 7.14 Å². The molecule has 2 aromatic carbocycles. The normalized spacial score (nSPS) is 12.8. The molecule has 0 radical (unpaired) electrons. The van der Waals surface area contributed by atoms with Crippen LogP contribution in [0.2, 0.25) is 0 Å². The summed E-state index contributed by atoms with van der Waals surface area (Å²) in [6, 6.07) is 9.16. The maximum Gasteiger partial charge on any atom is 1.00 e. The van der Waals surface area contributed by atoms with Crippen molar-refractivity contribution >= 4 is 73.7 Å². The molecular weight excluding hydrogens is 662 g/mol. The number of halogens is 3. The summed E-state index contributed by atoms with van der Waals surface area (Å²) in [6.45, 7) is 0.